The lowest BCUT2D eigenvalue weighted by molar-refractivity contribution is -0.142. The highest BCUT2D eigenvalue weighted by molar-refractivity contribution is 5.94. The molecule has 36 heavy (non-hydrogen) atoms. The van der Waals surface area contributed by atoms with Crippen LogP contribution in [0.4, 0.5) is 0 Å². The van der Waals surface area contributed by atoms with Crippen molar-refractivity contribution in [1.82, 2.24) is 20.9 Å². The predicted molar refractivity (Wildman–Crippen MR) is 130 cm³/mol. The van der Waals surface area contributed by atoms with E-state index >= 15 is 0 Å². The van der Waals surface area contributed by atoms with Gasteiger partial charge >= 0.3 is 11.9 Å². The van der Waals surface area contributed by atoms with Crippen LogP contribution < -0.4 is 27.4 Å². The molecule has 2 aromatic rings. The van der Waals surface area contributed by atoms with E-state index in [0.29, 0.717) is 24.9 Å². The van der Waals surface area contributed by atoms with Crippen molar-refractivity contribution in [3.05, 3.63) is 36.0 Å². The maximum atomic E-state index is 13.1. The molecule has 0 radical (unpaired) electrons. The lowest BCUT2D eigenvalue weighted by atomic mass is 10.0. The lowest BCUT2D eigenvalue weighted by Gasteiger charge is -2.22. The topological polar surface area (TPSA) is 230 Å². The zero-order chi connectivity index (χ0) is 26.7. The van der Waals surface area contributed by atoms with Crippen LogP contribution in [0, 0.1) is 0 Å². The van der Waals surface area contributed by atoms with Crippen LogP contribution in [-0.4, -0.2) is 76.1 Å². The van der Waals surface area contributed by atoms with E-state index in [9.17, 15) is 29.1 Å². The van der Waals surface area contributed by atoms with Gasteiger partial charge < -0.3 is 42.6 Å². The molecule has 3 amide bonds. The molecule has 0 aliphatic carbocycles. The van der Waals surface area contributed by atoms with Crippen LogP contribution in [0.1, 0.15) is 31.2 Å². The number of nitrogens with two attached hydrogens (primary N) is 2. The van der Waals surface area contributed by atoms with Gasteiger partial charge in [-0.15, -0.1) is 0 Å². The maximum absolute atomic E-state index is 13.1. The van der Waals surface area contributed by atoms with Crippen molar-refractivity contribution in [2.24, 2.45) is 11.5 Å². The standard InChI is InChI=1S/C23H32N6O7/c24-8-4-3-7-17(23(35)36)29-22(34)18(9-13-11-26-16-6-2-1-5-14(13)16)28-19(30)12-27-21(33)15(25)10-20(31)32/h1-2,5-6,11,15,17-18,26H,3-4,7-10,12,24-25H2,(H,27,33)(H,28,30)(H,29,34)(H,31,32)(H,35,36). The van der Waals surface area contributed by atoms with Gasteiger partial charge in [0.25, 0.3) is 0 Å². The summed E-state index contributed by atoms with van der Waals surface area (Å²) in [7, 11) is 0. The molecule has 0 saturated carbocycles. The Bertz CT molecular complexity index is 1090. The molecule has 1 aromatic heterocycles. The van der Waals surface area contributed by atoms with Gasteiger partial charge in [0.05, 0.1) is 19.0 Å². The molecule has 13 heteroatoms. The van der Waals surface area contributed by atoms with Crippen LogP contribution in [0.25, 0.3) is 10.9 Å². The summed E-state index contributed by atoms with van der Waals surface area (Å²) in [5, 5.41) is 26.3. The van der Waals surface area contributed by atoms with Crippen LogP contribution in [0.15, 0.2) is 30.5 Å². The van der Waals surface area contributed by atoms with Crippen molar-refractivity contribution in [2.75, 3.05) is 13.1 Å². The van der Waals surface area contributed by atoms with Crippen LogP contribution in [-0.2, 0) is 30.4 Å². The van der Waals surface area contributed by atoms with Crippen molar-refractivity contribution in [3.63, 3.8) is 0 Å². The summed E-state index contributed by atoms with van der Waals surface area (Å²) < 4.78 is 0. The third-order valence-corrected chi connectivity index (χ3v) is 5.47. The Kier molecular flexibility index (Phi) is 10.8. The molecule has 3 unspecified atom stereocenters. The number of aromatic nitrogens is 1. The SMILES string of the molecule is NCCCCC(NC(=O)C(Cc1c[nH]c2ccccc12)NC(=O)CNC(=O)C(N)CC(=O)O)C(=O)O. The number of aromatic amines is 1. The predicted octanol–water partition coefficient (Wildman–Crippen LogP) is -1.19. The van der Waals surface area contributed by atoms with Crippen LogP contribution in [0.2, 0.25) is 0 Å². The van der Waals surface area contributed by atoms with Crippen LogP contribution in [0.3, 0.4) is 0 Å². The molecule has 0 saturated heterocycles. The third-order valence-electron chi connectivity index (χ3n) is 5.47. The van der Waals surface area contributed by atoms with Crippen molar-refractivity contribution >= 4 is 40.6 Å². The average molecular weight is 505 g/mol. The summed E-state index contributed by atoms with van der Waals surface area (Å²) in [6.07, 6.45) is 2.39. The molecular weight excluding hydrogens is 472 g/mol. The fourth-order valence-corrected chi connectivity index (χ4v) is 3.58. The van der Waals surface area contributed by atoms with E-state index in [4.69, 9.17) is 16.6 Å². The quantitative estimate of drug-likeness (QED) is 0.136. The molecule has 10 N–H and O–H groups in total. The number of hydrogen-bond donors (Lipinski definition) is 8. The summed E-state index contributed by atoms with van der Waals surface area (Å²) in [5.41, 5.74) is 12.5. The monoisotopic (exact) mass is 504 g/mol. The summed E-state index contributed by atoms with van der Waals surface area (Å²) in [6, 6.07) is 3.68. The number of H-pyrrole nitrogens is 1. The molecule has 0 aliphatic heterocycles. The summed E-state index contributed by atoms with van der Waals surface area (Å²) in [4.78, 5) is 62.9. The number of carbonyl (C=O) groups is 5. The number of nitrogens with one attached hydrogen (secondary N) is 4. The Hall–Kier alpha value is -3.97. The van der Waals surface area contributed by atoms with E-state index in [2.05, 4.69) is 20.9 Å². The first-order valence-corrected chi connectivity index (χ1v) is 11.4. The van der Waals surface area contributed by atoms with Gasteiger partial charge in [0.1, 0.15) is 12.1 Å². The molecule has 13 nitrogen and oxygen atoms in total. The number of carboxylic acid groups (broad SMARTS) is 2. The number of amides is 3. The molecule has 0 aliphatic rings. The van der Waals surface area contributed by atoms with Crippen molar-refractivity contribution in [3.8, 4) is 0 Å². The first-order chi connectivity index (χ1) is 17.1. The highest BCUT2D eigenvalue weighted by Crippen LogP contribution is 2.19. The maximum Gasteiger partial charge on any atom is 0.326 e. The number of unbranched alkanes of at least 4 members (excludes halogenated alkanes) is 1. The minimum Gasteiger partial charge on any atom is -0.481 e. The van der Waals surface area contributed by atoms with Crippen molar-refractivity contribution in [2.45, 2.75) is 50.2 Å². The zero-order valence-electron chi connectivity index (χ0n) is 19.7. The van der Waals surface area contributed by atoms with E-state index in [-0.39, 0.29) is 12.8 Å². The molecule has 2 rings (SSSR count). The summed E-state index contributed by atoms with van der Waals surface area (Å²) in [6.45, 7) is -0.163. The van der Waals surface area contributed by atoms with Gasteiger partial charge in [-0.3, -0.25) is 19.2 Å². The van der Waals surface area contributed by atoms with E-state index < -0.39 is 60.8 Å². The molecule has 3 atom stereocenters. The Morgan fingerprint density at radius 1 is 0.972 bits per heavy atom. The highest BCUT2D eigenvalue weighted by atomic mass is 16.4. The molecular formula is C23H32N6O7. The van der Waals surface area contributed by atoms with Gasteiger partial charge in [0.15, 0.2) is 0 Å². The lowest BCUT2D eigenvalue weighted by Crippen LogP contribution is -2.54. The molecule has 0 bridgehead atoms. The van der Waals surface area contributed by atoms with Crippen molar-refractivity contribution < 1.29 is 34.2 Å². The van der Waals surface area contributed by atoms with Gasteiger partial charge in [0.2, 0.25) is 17.7 Å². The third kappa shape index (κ3) is 8.67. The second-order valence-corrected chi connectivity index (χ2v) is 8.29. The number of rotatable bonds is 15. The van der Waals surface area contributed by atoms with Gasteiger partial charge in [0, 0.05) is 23.5 Å². The number of hydrogen-bond acceptors (Lipinski definition) is 7. The number of carboxylic acids is 2. The second-order valence-electron chi connectivity index (χ2n) is 8.29. The number of benzene rings is 1. The first kappa shape index (κ1) is 28.3. The molecule has 196 valence electrons. The Balaban J connectivity index is 2.13. The van der Waals surface area contributed by atoms with Gasteiger partial charge in [-0.05, 0) is 37.4 Å². The van der Waals surface area contributed by atoms with Gasteiger partial charge in [-0.25, -0.2) is 4.79 Å². The molecule has 1 heterocycles. The average Bonchev–Trinajstić information content (AvgIpc) is 3.23. The number of aliphatic carboxylic acids is 2. The largest absolute Gasteiger partial charge is 0.481 e. The summed E-state index contributed by atoms with van der Waals surface area (Å²) in [5.74, 6) is -4.76. The van der Waals surface area contributed by atoms with Gasteiger partial charge in [-0.2, -0.15) is 0 Å². The second kappa shape index (κ2) is 13.8. The number of carbonyl (C=O) groups excluding carboxylic acids is 3. The zero-order valence-corrected chi connectivity index (χ0v) is 19.7. The minimum atomic E-state index is -1.34. The van der Waals surface area contributed by atoms with E-state index in [1.807, 2.05) is 24.3 Å². The Morgan fingerprint density at radius 3 is 2.36 bits per heavy atom. The van der Waals surface area contributed by atoms with E-state index in [1.54, 1.807) is 6.20 Å². The van der Waals surface area contributed by atoms with Crippen LogP contribution >= 0.6 is 0 Å². The first-order valence-electron chi connectivity index (χ1n) is 11.4. The molecule has 0 fully saturated rings. The Morgan fingerprint density at radius 2 is 1.69 bits per heavy atom. The molecule has 1 aromatic carbocycles. The smallest absolute Gasteiger partial charge is 0.326 e. The fraction of sp³-hybridized carbons (Fsp3) is 0.435. The minimum absolute atomic E-state index is 0.0448. The fourth-order valence-electron chi connectivity index (χ4n) is 3.58. The number of fused-ring (bicyclic) bond motifs is 1. The van der Waals surface area contributed by atoms with Gasteiger partial charge in [-0.1, -0.05) is 18.2 Å². The van der Waals surface area contributed by atoms with Crippen LogP contribution in [0.5, 0.6) is 0 Å². The Labute approximate surface area is 207 Å². The summed E-state index contributed by atoms with van der Waals surface area (Å²) >= 11 is 0. The highest BCUT2D eigenvalue weighted by Gasteiger charge is 2.27. The van der Waals surface area contributed by atoms with Crippen molar-refractivity contribution in [1.29, 1.82) is 0 Å². The van der Waals surface area contributed by atoms with E-state index in [1.165, 1.54) is 0 Å². The number of para-hydroxylation sites is 1. The van der Waals surface area contributed by atoms with E-state index in [0.717, 1.165) is 10.9 Å². The normalized spacial score (nSPS) is 13.4. The molecule has 0 spiro atoms.